The van der Waals surface area contributed by atoms with Gasteiger partial charge in [0.25, 0.3) is 0 Å². The summed E-state index contributed by atoms with van der Waals surface area (Å²) < 4.78 is 0. The highest BCUT2D eigenvalue weighted by molar-refractivity contribution is 7.13. The lowest BCUT2D eigenvalue weighted by atomic mass is 10.2. The molecule has 3 N–H and O–H groups in total. The number of carbonyl (C=O) groups excluding carboxylic acids is 1. The van der Waals surface area contributed by atoms with Crippen LogP contribution >= 0.6 is 11.3 Å². The molecule has 0 bridgehead atoms. The Morgan fingerprint density at radius 2 is 2.47 bits per heavy atom. The molecule has 0 aliphatic carbocycles. The van der Waals surface area contributed by atoms with E-state index in [0.717, 1.165) is 18.5 Å². The third kappa shape index (κ3) is 4.40. The minimum Gasteiger partial charge on any atom is -0.327 e. The number of anilines is 1. The molecule has 15 heavy (non-hydrogen) atoms. The zero-order valence-corrected chi connectivity index (χ0v) is 9.93. The van der Waals surface area contributed by atoms with Crippen LogP contribution in [0.5, 0.6) is 0 Å². The number of amides is 1. The molecule has 5 heteroatoms. The SMILES string of the molecule is CCCc1csc(NC(=O)CC(C)N)n1. The fourth-order valence-corrected chi connectivity index (χ4v) is 1.96. The Morgan fingerprint density at radius 1 is 1.73 bits per heavy atom. The molecule has 1 atom stereocenters. The molecular weight excluding hydrogens is 210 g/mol. The maximum atomic E-state index is 11.4. The number of nitrogens with zero attached hydrogens (tertiary/aromatic N) is 1. The lowest BCUT2D eigenvalue weighted by molar-refractivity contribution is -0.116. The Bertz CT molecular complexity index is 322. The molecule has 0 aliphatic heterocycles. The van der Waals surface area contributed by atoms with Crippen molar-refractivity contribution in [3.63, 3.8) is 0 Å². The molecule has 1 amide bonds. The summed E-state index contributed by atoms with van der Waals surface area (Å²) in [6, 6.07) is -0.111. The number of hydrogen-bond donors (Lipinski definition) is 2. The lowest BCUT2D eigenvalue weighted by Gasteiger charge is -2.03. The number of rotatable bonds is 5. The second kappa shape index (κ2) is 5.82. The Balaban J connectivity index is 2.46. The van der Waals surface area contributed by atoms with Gasteiger partial charge in [-0.3, -0.25) is 4.79 Å². The molecule has 84 valence electrons. The minimum atomic E-state index is -0.111. The van der Waals surface area contributed by atoms with Gasteiger partial charge in [-0.25, -0.2) is 4.98 Å². The average Bonchev–Trinajstić information content (AvgIpc) is 2.51. The molecule has 0 aliphatic rings. The predicted octanol–water partition coefficient (Wildman–Crippen LogP) is 1.77. The Morgan fingerprint density at radius 3 is 3.07 bits per heavy atom. The quantitative estimate of drug-likeness (QED) is 0.805. The van der Waals surface area contributed by atoms with Crippen molar-refractivity contribution < 1.29 is 4.79 Å². The first-order valence-electron chi connectivity index (χ1n) is 5.11. The Labute approximate surface area is 93.9 Å². The summed E-state index contributed by atoms with van der Waals surface area (Å²) in [7, 11) is 0. The zero-order valence-electron chi connectivity index (χ0n) is 9.12. The second-order valence-corrected chi connectivity index (χ2v) is 4.48. The number of aromatic nitrogens is 1. The summed E-state index contributed by atoms with van der Waals surface area (Å²) in [5, 5.41) is 5.39. The van der Waals surface area contributed by atoms with Crippen LogP contribution in [0.3, 0.4) is 0 Å². The van der Waals surface area contributed by atoms with Crippen molar-refractivity contribution in [1.82, 2.24) is 4.98 Å². The number of nitrogens with two attached hydrogens (primary N) is 1. The number of thiazole rings is 1. The van der Waals surface area contributed by atoms with Crippen molar-refractivity contribution in [3.8, 4) is 0 Å². The predicted molar refractivity (Wildman–Crippen MR) is 63.0 cm³/mol. The van der Waals surface area contributed by atoms with E-state index in [9.17, 15) is 4.79 Å². The fraction of sp³-hybridized carbons (Fsp3) is 0.600. The van der Waals surface area contributed by atoms with Gasteiger partial charge in [0.2, 0.25) is 5.91 Å². The monoisotopic (exact) mass is 227 g/mol. The number of aryl methyl sites for hydroxylation is 1. The summed E-state index contributed by atoms with van der Waals surface area (Å²) in [6.45, 7) is 3.91. The highest BCUT2D eigenvalue weighted by Gasteiger charge is 2.08. The van der Waals surface area contributed by atoms with Gasteiger partial charge >= 0.3 is 0 Å². The van der Waals surface area contributed by atoms with E-state index in [0.29, 0.717) is 11.6 Å². The topological polar surface area (TPSA) is 68.0 Å². The largest absolute Gasteiger partial charge is 0.327 e. The molecular formula is C10H17N3OS. The molecule has 1 aromatic rings. The van der Waals surface area contributed by atoms with E-state index in [1.54, 1.807) is 0 Å². The number of hydrogen-bond acceptors (Lipinski definition) is 4. The van der Waals surface area contributed by atoms with Crippen molar-refractivity contribution in [1.29, 1.82) is 0 Å². The van der Waals surface area contributed by atoms with Crippen molar-refractivity contribution >= 4 is 22.4 Å². The van der Waals surface area contributed by atoms with Crippen LogP contribution in [0.15, 0.2) is 5.38 Å². The van der Waals surface area contributed by atoms with Crippen LogP contribution in [0.1, 0.15) is 32.4 Å². The summed E-state index contributed by atoms with van der Waals surface area (Å²) in [5.74, 6) is -0.0672. The van der Waals surface area contributed by atoms with E-state index >= 15 is 0 Å². The minimum absolute atomic E-state index is 0.0672. The van der Waals surface area contributed by atoms with Crippen molar-refractivity contribution in [2.24, 2.45) is 5.73 Å². The molecule has 1 rings (SSSR count). The molecule has 1 aromatic heterocycles. The maximum absolute atomic E-state index is 11.4. The van der Waals surface area contributed by atoms with Crippen molar-refractivity contribution in [2.45, 2.75) is 39.2 Å². The van der Waals surface area contributed by atoms with E-state index in [-0.39, 0.29) is 11.9 Å². The molecule has 0 aromatic carbocycles. The van der Waals surface area contributed by atoms with Crippen LogP contribution < -0.4 is 11.1 Å². The van der Waals surface area contributed by atoms with Gasteiger partial charge in [0, 0.05) is 17.8 Å². The molecule has 0 saturated carbocycles. The highest BCUT2D eigenvalue weighted by Crippen LogP contribution is 2.16. The first-order valence-corrected chi connectivity index (χ1v) is 5.99. The van der Waals surface area contributed by atoms with Gasteiger partial charge in [0.15, 0.2) is 5.13 Å². The van der Waals surface area contributed by atoms with E-state index in [1.807, 2.05) is 12.3 Å². The molecule has 1 unspecified atom stereocenters. The first kappa shape index (κ1) is 12.1. The van der Waals surface area contributed by atoms with Crippen molar-refractivity contribution in [2.75, 3.05) is 5.32 Å². The van der Waals surface area contributed by atoms with Gasteiger partial charge in [0.1, 0.15) is 0 Å². The third-order valence-corrected chi connectivity index (χ3v) is 2.62. The molecule has 0 fully saturated rings. The van der Waals surface area contributed by atoms with Crippen LogP contribution in [0.25, 0.3) is 0 Å². The molecule has 0 saturated heterocycles. The van der Waals surface area contributed by atoms with Crippen LogP contribution in [-0.2, 0) is 11.2 Å². The van der Waals surface area contributed by atoms with E-state index in [2.05, 4.69) is 17.2 Å². The van der Waals surface area contributed by atoms with Crippen LogP contribution in [-0.4, -0.2) is 16.9 Å². The average molecular weight is 227 g/mol. The van der Waals surface area contributed by atoms with Gasteiger partial charge in [-0.1, -0.05) is 13.3 Å². The maximum Gasteiger partial charge on any atom is 0.227 e. The van der Waals surface area contributed by atoms with Gasteiger partial charge in [-0.05, 0) is 13.3 Å². The van der Waals surface area contributed by atoms with Crippen LogP contribution in [0.2, 0.25) is 0 Å². The number of nitrogens with one attached hydrogen (secondary N) is 1. The van der Waals surface area contributed by atoms with E-state index < -0.39 is 0 Å². The fourth-order valence-electron chi connectivity index (χ4n) is 1.20. The van der Waals surface area contributed by atoms with E-state index in [4.69, 9.17) is 5.73 Å². The summed E-state index contributed by atoms with van der Waals surface area (Å²) in [5.41, 5.74) is 6.56. The molecule has 4 nitrogen and oxygen atoms in total. The summed E-state index contributed by atoms with van der Waals surface area (Å²) in [4.78, 5) is 15.7. The summed E-state index contributed by atoms with van der Waals surface area (Å²) >= 11 is 1.46. The van der Waals surface area contributed by atoms with Gasteiger partial charge in [-0.15, -0.1) is 11.3 Å². The molecule has 0 radical (unpaired) electrons. The smallest absolute Gasteiger partial charge is 0.227 e. The lowest BCUT2D eigenvalue weighted by Crippen LogP contribution is -2.23. The van der Waals surface area contributed by atoms with Gasteiger partial charge in [0.05, 0.1) is 5.69 Å². The highest BCUT2D eigenvalue weighted by atomic mass is 32.1. The first-order chi connectivity index (χ1) is 7.11. The van der Waals surface area contributed by atoms with Gasteiger partial charge in [-0.2, -0.15) is 0 Å². The Hall–Kier alpha value is -0.940. The van der Waals surface area contributed by atoms with Crippen LogP contribution in [0.4, 0.5) is 5.13 Å². The van der Waals surface area contributed by atoms with Crippen molar-refractivity contribution in [3.05, 3.63) is 11.1 Å². The standard InChI is InChI=1S/C10H17N3OS/c1-3-4-8-6-15-10(12-8)13-9(14)5-7(2)11/h6-7H,3-5,11H2,1-2H3,(H,12,13,14). The Kier molecular flexibility index (Phi) is 4.71. The molecule has 1 heterocycles. The zero-order chi connectivity index (χ0) is 11.3. The summed E-state index contributed by atoms with van der Waals surface area (Å²) in [6.07, 6.45) is 2.36. The van der Waals surface area contributed by atoms with E-state index in [1.165, 1.54) is 11.3 Å². The van der Waals surface area contributed by atoms with Gasteiger partial charge < -0.3 is 11.1 Å². The normalized spacial score (nSPS) is 12.5. The molecule has 0 spiro atoms. The number of carbonyl (C=O) groups is 1. The van der Waals surface area contributed by atoms with Crippen LogP contribution in [0, 0.1) is 0 Å². The third-order valence-electron chi connectivity index (χ3n) is 1.81. The second-order valence-electron chi connectivity index (χ2n) is 3.62.